The number of morpholine rings is 1. The molecule has 1 aromatic heterocycles. The fourth-order valence-electron chi connectivity index (χ4n) is 2.35. The van der Waals surface area contributed by atoms with Crippen molar-refractivity contribution in [1.82, 2.24) is 15.5 Å². The highest BCUT2D eigenvalue weighted by atomic mass is 16.5. The van der Waals surface area contributed by atoms with E-state index in [2.05, 4.69) is 39.8 Å². The molecule has 0 amide bonds. The van der Waals surface area contributed by atoms with Crippen molar-refractivity contribution in [2.24, 2.45) is 0 Å². The second-order valence-corrected chi connectivity index (χ2v) is 4.74. The van der Waals surface area contributed by atoms with Gasteiger partial charge in [0.05, 0.1) is 18.9 Å². The Kier molecular flexibility index (Phi) is 3.81. The molecule has 1 aromatic carbocycles. The number of hydrogen-bond donors (Lipinski definition) is 1. The van der Waals surface area contributed by atoms with Crippen LogP contribution in [0.25, 0.3) is 11.3 Å². The molecule has 0 spiro atoms. The van der Waals surface area contributed by atoms with Gasteiger partial charge in [-0.2, -0.15) is 10.2 Å². The zero-order chi connectivity index (χ0) is 12.9. The van der Waals surface area contributed by atoms with Gasteiger partial charge in [-0.25, -0.2) is 0 Å². The van der Waals surface area contributed by atoms with Crippen LogP contribution in [0.15, 0.2) is 42.6 Å². The number of aromatic nitrogens is 2. The maximum atomic E-state index is 5.48. The van der Waals surface area contributed by atoms with Crippen LogP contribution >= 0.6 is 0 Å². The summed E-state index contributed by atoms with van der Waals surface area (Å²) >= 11 is 0. The topological polar surface area (TPSA) is 47.0 Å². The van der Waals surface area contributed by atoms with E-state index in [-0.39, 0.29) is 0 Å². The zero-order valence-electron chi connectivity index (χ0n) is 10.7. The predicted octanol–water partition coefficient (Wildman–Crippen LogP) is 1.67. The smallest absolute Gasteiger partial charge is 0.0929 e. The van der Waals surface area contributed by atoms with E-state index in [0.29, 0.717) is 6.04 Å². The van der Waals surface area contributed by atoms with Crippen LogP contribution in [0.5, 0.6) is 0 Å². The largest absolute Gasteiger partial charge is 0.379 e. The number of nitrogens with zero attached hydrogens (tertiary/aromatic N) is 2. The summed E-state index contributed by atoms with van der Waals surface area (Å²) in [7, 11) is 0. The van der Waals surface area contributed by atoms with Gasteiger partial charge in [0.1, 0.15) is 0 Å². The van der Waals surface area contributed by atoms with E-state index < -0.39 is 0 Å². The number of hydrogen-bond acceptors (Lipinski definition) is 4. The molecular weight excluding hydrogens is 238 g/mol. The van der Waals surface area contributed by atoms with E-state index >= 15 is 0 Å². The molecule has 0 radical (unpaired) electrons. The fourth-order valence-corrected chi connectivity index (χ4v) is 2.35. The minimum Gasteiger partial charge on any atom is -0.379 e. The van der Waals surface area contributed by atoms with Gasteiger partial charge in [0, 0.05) is 24.3 Å². The van der Waals surface area contributed by atoms with Crippen molar-refractivity contribution >= 4 is 0 Å². The molecule has 4 heteroatoms. The number of benzene rings is 1. The van der Waals surface area contributed by atoms with Crippen LogP contribution in [0.3, 0.4) is 0 Å². The van der Waals surface area contributed by atoms with Crippen molar-refractivity contribution in [1.29, 1.82) is 0 Å². The summed E-state index contributed by atoms with van der Waals surface area (Å²) in [6.45, 7) is 2.54. The highest BCUT2D eigenvalue weighted by Crippen LogP contribution is 2.18. The van der Waals surface area contributed by atoms with Gasteiger partial charge < -0.3 is 10.1 Å². The van der Waals surface area contributed by atoms with Gasteiger partial charge in [-0.1, -0.05) is 18.2 Å². The molecular formula is C15H17N3O. The quantitative estimate of drug-likeness (QED) is 0.906. The Morgan fingerprint density at radius 1 is 1.26 bits per heavy atom. The molecule has 1 saturated heterocycles. The Bertz CT molecular complexity index is 524. The molecule has 1 N–H and O–H groups in total. The molecule has 1 unspecified atom stereocenters. The summed E-state index contributed by atoms with van der Waals surface area (Å²) in [5.41, 5.74) is 3.32. The third kappa shape index (κ3) is 3.16. The predicted molar refractivity (Wildman–Crippen MR) is 73.8 cm³/mol. The monoisotopic (exact) mass is 255 g/mol. The molecule has 3 rings (SSSR count). The van der Waals surface area contributed by atoms with Crippen molar-refractivity contribution in [2.45, 2.75) is 12.5 Å². The average Bonchev–Trinajstić information content (AvgIpc) is 2.49. The van der Waals surface area contributed by atoms with Crippen molar-refractivity contribution in [2.75, 3.05) is 19.8 Å². The highest BCUT2D eigenvalue weighted by molar-refractivity contribution is 5.59. The first-order valence-corrected chi connectivity index (χ1v) is 6.60. The van der Waals surface area contributed by atoms with E-state index in [1.54, 1.807) is 6.20 Å². The van der Waals surface area contributed by atoms with Crippen molar-refractivity contribution < 1.29 is 4.74 Å². The number of nitrogens with one attached hydrogen (secondary N) is 1. The van der Waals surface area contributed by atoms with Gasteiger partial charge in [0.15, 0.2) is 0 Å². The molecule has 1 aliphatic heterocycles. The Balaban J connectivity index is 1.76. The molecule has 1 atom stereocenters. The lowest BCUT2D eigenvalue weighted by Gasteiger charge is -2.23. The Hall–Kier alpha value is -1.78. The second kappa shape index (κ2) is 5.91. The van der Waals surface area contributed by atoms with Crippen LogP contribution in [-0.2, 0) is 11.2 Å². The van der Waals surface area contributed by atoms with Crippen molar-refractivity contribution in [3.05, 3.63) is 48.2 Å². The molecule has 0 aliphatic carbocycles. The Morgan fingerprint density at radius 2 is 2.26 bits per heavy atom. The van der Waals surface area contributed by atoms with Crippen LogP contribution in [0, 0.1) is 0 Å². The van der Waals surface area contributed by atoms with Crippen molar-refractivity contribution in [3.63, 3.8) is 0 Å². The SMILES string of the molecule is c1cc(CC2COCCN2)cc(-c2cccnn2)c1. The summed E-state index contributed by atoms with van der Waals surface area (Å²) in [6.07, 6.45) is 2.67. The maximum Gasteiger partial charge on any atom is 0.0929 e. The van der Waals surface area contributed by atoms with E-state index in [0.717, 1.165) is 37.4 Å². The molecule has 0 bridgehead atoms. The average molecular weight is 255 g/mol. The number of ether oxygens (including phenoxy) is 1. The normalized spacial score (nSPS) is 19.3. The molecule has 1 aliphatic rings. The molecule has 1 fully saturated rings. The minimum absolute atomic E-state index is 0.408. The third-order valence-corrected chi connectivity index (χ3v) is 3.28. The maximum absolute atomic E-state index is 5.48. The van der Waals surface area contributed by atoms with Gasteiger partial charge in [-0.3, -0.25) is 0 Å². The lowest BCUT2D eigenvalue weighted by Crippen LogP contribution is -2.42. The van der Waals surface area contributed by atoms with Gasteiger partial charge in [-0.05, 0) is 30.2 Å². The second-order valence-electron chi connectivity index (χ2n) is 4.74. The first-order chi connectivity index (χ1) is 9.42. The molecule has 19 heavy (non-hydrogen) atoms. The summed E-state index contributed by atoms with van der Waals surface area (Å²) in [4.78, 5) is 0. The third-order valence-electron chi connectivity index (χ3n) is 3.28. The van der Waals surface area contributed by atoms with E-state index in [4.69, 9.17) is 4.74 Å². The number of rotatable bonds is 3. The van der Waals surface area contributed by atoms with E-state index in [1.807, 2.05) is 12.1 Å². The van der Waals surface area contributed by atoms with Crippen LogP contribution in [-0.4, -0.2) is 36.0 Å². The van der Waals surface area contributed by atoms with E-state index in [9.17, 15) is 0 Å². The first kappa shape index (κ1) is 12.3. The van der Waals surface area contributed by atoms with Crippen molar-refractivity contribution in [3.8, 4) is 11.3 Å². The summed E-state index contributed by atoms with van der Waals surface area (Å²) in [6, 6.07) is 12.8. The lowest BCUT2D eigenvalue weighted by molar-refractivity contribution is 0.0770. The standard InChI is InChI=1S/C15H17N3O/c1-3-12(10-14-11-19-8-7-16-14)9-13(4-1)15-5-2-6-17-18-15/h1-6,9,14,16H,7-8,10-11H2. The Morgan fingerprint density at radius 3 is 3.05 bits per heavy atom. The molecule has 4 nitrogen and oxygen atoms in total. The molecule has 98 valence electrons. The Labute approximate surface area is 112 Å². The summed E-state index contributed by atoms with van der Waals surface area (Å²) in [5, 5.41) is 11.5. The fraction of sp³-hybridized carbons (Fsp3) is 0.333. The lowest BCUT2D eigenvalue weighted by atomic mass is 10.0. The zero-order valence-corrected chi connectivity index (χ0v) is 10.7. The van der Waals surface area contributed by atoms with Gasteiger partial charge >= 0.3 is 0 Å². The molecule has 0 saturated carbocycles. The minimum atomic E-state index is 0.408. The van der Waals surface area contributed by atoms with Gasteiger partial charge in [-0.15, -0.1) is 0 Å². The van der Waals surface area contributed by atoms with Crippen LogP contribution < -0.4 is 5.32 Å². The summed E-state index contributed by atoms with van der Waals surface area (Å²) < 4.78 is 5.48. The summed E-state index contributed by atoms with van der Waals surface area (Å²) in [5.74, 6) is 0. The molecule has 2 heterocycles. The van der Waals surface area contributed by atoms with Crippen LogP contribution in [0.4, 0.5) is 0 Å². The van der Waals surface area contributed by atoms with Crippen LogP contribution in [0.2, 0.25) is 0 Å². The highest BCUT2D eigenvalue weighted by Gasteiger charge is 2.13. The molecule has 2 aromatic rings. The van der Waals surface area contributed by atoms with Crippen LogP contribution in [0.1, 0.15) is 5.56 Å². The first-order valence-electron chi connectivity index (χ1n) is 6.60. The van der Waals surface area contributed by atoms with Gasteiger partial charge in [0.2, 0.25) is 0 Å². The van der Waals surface area contributed by atoms with E-state index in [1.165, 1.54) is 5.56 Å². The van der Waals surface area contributed by atoms with Gasteiger partial charge in [0.25, 0.3) is 0 Å².